The number of ether oxygens (including phenoxy) is 3. The fraction of sp³-hybridized carbons (Fsp3) is 0.844. The molecule has 13 nitrogen and oxygen atoms in total. The minimum absolute atomic E-state index is 0.0118. The number of aliphatic carboxylic acids is 1. The third-order valence-corrected chi connectivity index (χ3v) is 10.9. The van der Waals surface area contributed by atoms with E-state index in [-0.39, 0.29) is 48.3 Å². The lowest BCUT2D eigenvalue weighted by atomic mass is 9.69. The summed E-state index contributed by atoms with van der Waals surface area (Å²) in [5.74, 6) is -1.21. The molecule has 13 heteroatoms. The number of rotatable bonds is 11. The van der Waals surface area contributed by atoms with Crippen molar-refractivity contribution in [3.8, 4) is 0 Å². The number of aliphatic hydroxyl groups is 6. The van der Waals surface area contributed by atoms with E-state index in [1.54, 1.807) is 12.8 Å². The van der Waals surface area contributed by atoms with Crippen molar-refractivity contribution in [2.24, 2.45) is 34.6 Å². The predicted octanol–water partition coefficient (Wildman–Crippen LogP) is 0.104. The fourth-order valence-corrected chi connectivity index (χ4v) is 7.84. The molecule has 3 aliphatic heterocycles. The highest BCUT2D eigenvalue weighted by molar-refractivity contribution is 5.81. The van der Waals surface area contributed by atoms with E-state index in [1.807, 2.05) is 19.9 Å². The quantitative estimate of drug-likeness (QED) is 0.112. The van der Waals surface area contributed by atoms with Crippen LogP contribution < -0.4 is 5.32 Å². The van der Waals surface area contributed by atoms with Crippen LogP contribution in [0.2, 0.25) is 0 Å². The van der Waals surface area contributed by atoms with Gasteiger partial charge in [-0.15, -0.1) is 4.99 Å². The van der Waals surface area contributed by atoms with E-state index in [9.17, 15) is 40.5 Å². The normalized spacial score (nSPS) is 43.3. The van der Waals surface area contributed by atoms with Crippen molar-refractivity contribution in [3.63, 3.8) is 0 Å². The number of hydrogen-bond acceptors (Lipinski definition) is 12. The Morgan fingerprint density at radius 2 is 1.84 bits per heavy atom. The molecule has 0 radical (unpaired) electrons. The molecule has 2 saturated heterocycles. The van der Waals surface area contributed by atoms with Gasteiger partial charge in [-0.2, -0.15) is 0 Å². The van der Waals surface area contributed by atoms with Crippen molar-refractivity contribution in [3.05, 3.63) is 18.2 Å². The second-order valence-electron chi connectivity index (χ2n) is 14.1. The summed E-state index contributed by atoms with van der Waals surface area (Å²) < 4.78 is 17.9. The standard InChI is InChI=1S/C32H50N2O11/c1-16(2)19(11-17-9-10-33-13-17)14-34-30(41)32(42)28(38)26(37)27(29(39)40)45-31(32)44-21-7-8-22-24(12-21)43-15-23(25(22)36)18-3-5-20(35)6-4-18/h9-10,13,16,18-28,30-31,34-38,41-42H,3-8,11-12,14-15H2,1-2H3/p+1/t18?,19-,20?,21?,22?,23?,24?,25?,26+,27-,28-,30+,31+,32+/m0/s1. The summed E-state index contributed by atoms with van der Waals surface area (Å²) in [7, 11) is 0. The van der Waals surface area contributed by atoms with E-state index in [0.717, 1.165) is 31.3 Å². The van der Waals surface area contributed by atoms with Gasteiger partial charge in [0.2, 0.25) is 0 Å². The third-order valence-electron chi connectivity index (χ3n) is 10.9. The average Bonchev–Trinajstić information content (AvgIpc) is 3.53. The van der Waals surface area contributed by atoms with Crippen LogP contribution in [0, 0.1) is 36.1 Å². The van der Waals surface area contributed by atoms with Crippen LogP contribution in [0.5, 0.6) is 0 Å². The first kappa shape index (κ1) is 34.7. The minimum Gasteiger partial charge on any atom is -0.479 e. The molecular formula is C32H51N2O11+. The average molecular weight is 640 g/mol. The maximum Gasteiger partial charge on any atom is 0.335 e. The van der Waals surface area contributed by atoms with Crippen molar-refractivity contribution >= 4 is 12.2 Å². The number of aliphatic hydroxyl groups excluding tert-OH is 5. The van der Waals surface area contributed by atoms with Gasteiger partial charge >= 0.3 is 5.97 Å². The summed E-state index contributed by atoms with van der Waals surface area (Å²) in [6, 6.07) is 0. The Morgan fingerprint density at radius 1 is 1.11 bits per heavy atom. The second-order valence-corrected chi connectivity index (χ2v) is 14.1. The van der Waals surface area contributed by atoms with Crippen molar-refractivity contribution in [1.29, 1.82) is 0 Å². The molecule has 0 spiro atoms. The molecule has 0 aromatic heterocycles. The highest BCUT2D eigenvalue weighted by Gasteiger charge is 2.62. The number of carboxylic acids is 1. The van der Waals surface area contributed by atoms with Crippen LogP contribution in [0.15, 0.2) is 16.6 Å². The van der Waals surface area contributed by atoms with Gasteiger partial charge in [-0.25, -0.2) is 4.79 Å². The SMILES string of the molecule is CC(C)[C@H](CN[C@H](O)[C@@]1(O)[C@H](OC2CCC3C(C2)OCC(C2CCC(O)CC2)C3O)O[C@H](C(=O)O)[C@@H](O)[C@@H]1O)CC1=C[CH+]N=C1. The van der Waals surface area contributed by atoms with Gasteiger partial charge in [0.25, 0.3) is 0 Å². The van der Waals surface area contributed by atoms with Crippen LogP contribution in [0.1, 0.15) is 65.2 Å². The van der Waals surface area contributed by atoms with Crippen LogP contribution in [0.3, 0.4) is 0 Å². The van der Waals surface area contributed by atoms with Crippen LogP contribution in [-0.4, -0.2) is 122 Å². The molecule has 2 saturated carbocycles. The Kier molecular flexibility index (Phi) is 11.3. The molecule has 0 amide bonds. The molecule has 45 heavy (non-hydrogen) atoms. The number of carboxylic acid groups (broad SMARTS) is 1. The van der Waals surface area contributed by atoms with Gasteiger partial charge in [0.15, 0.2) is 24.2 Å². The fourth-order valence-electron chi connectivity index (χ4n) is 7.84. The van der Waals surface area contributed by atoms with E-state index < -0.39 is 54.6 Å². The van der Waals surface area contributed by atoms with Gasteiger partial charge in [0.1, 0.15) is 30.6 Å². The van der Waals surface area contributed by atoms with Gasteiger partial charge in [-0.3, -0.25) is 5.32 Å². The van der Waals surface area contributed by atoms with Gasteiger partial charge in [-0.05, 0) is 56.3 Å². The zero-order valence-electron chi connectivity index (χ0n) is 26.1. The number of aliphatic imine (C=N–C) groups is 1. The van der Waals surface area contributed by atoms with E-state index in [4.69, 9.17) is 14.2 Å². The van der Waals surface area contributed by atoms with Crippen LogP contribution in [0.25, 0.3) is 0 Å². The Bertz CT molecular complexity index is 1070. The number of nitrogens with one attached hydrogen (secondary N) is 1. The van der Waals surface area contributed by atoms with E-state index in [0.29, 0.717) is 32.3 Å². The topological polar surface area (TPSA) is 211 Å². The zero-order valence-corrected chi connectivity index (χ0v) is 26.1. The number of carbonyl (C=O) groups is 1. The zero-order chi connectivity index (χ0) is 32.5. The third kappa shape index (κ3) is 7.43. The molecule has 0 aromatic carbocycles. The molecular weight excluding hydrogens is 588 g/mol. The Hall–Kier alpha value is -1.65. The number of fused-ring (bicyclic) bond motifs is 1. The largest absolute Gasteiger partial charge is 0.479 e. The monoisotopic (exact) mass is 639 g/mol. The lowest BCUT2D eigenvalue weighted by Gasteiger charge is -2.51. The molecule has 5 aliphatic rings. The van der Waals surface area contributed by atoms with Gasteiger partial charge < -0.3 is 50.0 Å². The van der Waals surface area contributed by atoms with E-state index in [2.05, 4.69) is 10.3 Å². The van der Waals surface area contributed by atoms with Crippen molar-refractivity contribution < 1.29 is 54.8 Å². The first-order chi connectivity index (χ1) is 21.4. The Labute approximate surface area is 264 Å². The molecule has 0 aromatic rings. The van der Waals surface area contributed by atoms with Crippen LogP contribution in [-0.2, 0) is 19.0 Å². The Balaban J connectivity index is 1.25. The van der Waals surface area contributed by atoms with Crippen molar-refractivity contribution in [1.82, 2.24) is 5.32 Å². The highest BCUT2D eigenvalue weighted by atomic mass is 16.7. The molecule has 4 fully saturated rings. The maximum atomic E-state index is 11.9. The molecule has 8 N–H and O–H groups in total. The summed E-state index contributed by atoms with van der Waals surface area (Å²) in [5, 5.41) is 78.5. The van der Waals surface area contributed by atoms with Crippen molar-refractivity contribution in [2.45, 2.75) is 126 Å². The summed E-state index contributed by atoms with van der Waals surface area (Å²) in [6.07, 6.45) is -2.70. The molecule has 0 bridgehead atoms. The molecule has 5 rings (SSSR count). The number of hydrogen-bond donors (Lipinski definition) is 8. The second kappa shape index (κ2) is 14.6. The molecule has 12 atom stereocenters. The van der Waals surface area contributed by atoms with Crippen LogP contribution in [0.4, 0.5) is 0 Å². The highest BCUT2D eigenvalue weighted by Crippen LogP contribution is 2.44. The number of nitrogens with zero attached hydrogens (tertiary/aromatic N) is 1. The lowest BCUT2D eigenvalue weighted by molar-refractivity contribution is -0.367. The van der Waals surface area contributed by atoms with Gasteiger partial charge in [0.05, 0.1) is 37.1 Å². The first-order valence-electron chi connectivity index (χ1n) is 16.5. The summed E-state index contributed by atoms with van der Waals surface area (Å²) in [5.41, 5.74) is -1.60. The molecule has 5 unspecified atom stereocenters. The predicted molar refractivity (Wildman–Crippen MR) is 161 cm³/mol. The van der Waals surface area contributed by atoms with Crippen molar-refractivity contribution in [2.75, 3.05) is 13.2 Å². The van der Waals surface area contributed by atoms with E-state index in [1.165, 1.54) is 0 Å². The molecule has 254 valence electrons. The van der Waals surface area contributed by atoms with Gasteiger partial charge in [0, 0.05) is 31.2 Å². The van der Waals surface area contributed by atoms with E-state index >= 15 is 0 Å². The van der Waals surface area contributed by atoms with Gasteiger partial charge in [-0.1, -0.05) is 13.8 Å². The first-order valence-corrected chi connectivity index (χ1v) is 16.5. The summed E-state index contributed by atoms with van der Waals surface area (Å²) in [4.78, 5) is 16.0. The van der Waals surface area contributed by atoms with Crippen LogP contribution >= 0.6 is 0 Å². The number of allylic oxidation sites excluding steroid dienone is 1. The smallest absolute Gasteiger partial charge is 0.335 e. The molecule has 2 aliphatic carbocycles. The molecule has 3 heterocycles. The summed E-state index contributed by atoms with van der Waals surface area (Å²) >= 11 is 0. The minimum atomic E-state index is -2.62. The summed E-state index contributed by atoms with van der Waals surface area (Å²) in [6.45, 7) is 6.36. The maximum absolute atomic E-state index is 11.9. The Morgan fingerprint density at radius 3 is 2.49 bits per heavy atom. The lowest BCUT2D eigenvalue weighted by Crippen LogP contribution is -2.75.